The van der Waals surface area contributed by atoms with Crippen molar-refractivity contribution in [3.63, 3.8) is 0 Å². The minimum Gasteiger partial charge on any atom is -0.494 e. The van der Waals surface area contributed by atoms with Gasteiger partial charge in [0.25, 0.3) is 0 Å². The fourth-order valence-electron chi connectivity index (χ4n) is 1.66. The van der Waals surface area contributed by atoms with Crippen molar-refractivity contribution < 1.29 is 4.74 Å². The van der Waals surface area contributed by atoms with E-state index in [1.165, 1.54) is 0 Å². The molecule has 0 heterocycles. The second kappa shape index (κ2) is 6.48. The highest BCUT2D eigenvalue weighted by Crippen LogP contribution is 2.24. The lowest BCUT2D eigenvalue weighted by molar-refractivity contribution is 0.312. The van der Waals surface area contributed by atoms with E-state index in [-0.39, 0.29) is 6.04 Å². The number of ether oxygens (including phenoxy) is 1. The van der Waals surface area contributed by atoms with E-state index in [4.69, 9.17) is 10.6 Å². The minimum absolute atomic E-state index is 0.0812. The molecule has 1 unspecified atom stereocenters. The first kappa shape index (κ1) is 13.0. The van der Waals surface area contributed by atoms with E-state index in [0.29, 0.717) is 6.61 Å². The van der Waals surface area contributed by atoms with Crippen LogP contribution in [-0.4, -0.2) is 32.1 Å². The highest BCUT2D eigenvalue weighted by atomic mass is 16.5. The fourth-order valence-corrected chi connectivity index (χ4v) is 1.66. The third kappa shape index (κ3) is 3.48. The molecule has 0 spiro atoms. The van der Waals surface area contributed by atoms with Gasteiger partial charge in [0, 0.05) is 12.1 Å². The van der Waals surface area contributed by atoms with Crippen molar-refractivity contribution in [2.45, 2.75) is 13.0 Å². The predicted molar refractivity (Wildman–Crippen MR) is 66.2 cm³/mol. The Hall–Kier alpha value is -1.10. The lowest BCUT2D eigenvalue weighted by Gasteiger charge is -2.22. The van der Waals surface area contributed by atoms with Gasteiger partial charge in [0.2, 0.25) is 0 Å². The Balaban J connectivity index is 2.89. The van der Waals surface area contributed by atoms with Crippen LogP contribution in [0.1, 0.15) is 18.5 Å². The van der Waals surface area contributed by atoms with Crippen LogP contribution in [0.2, 0.25) is 0 Å². The van der Waals surface area contributed by atoms with Gasteiger partial charge < -0.3 is 9.64 Å². The molecule has 0 bridgehead atoms. The monoisotopic (exact) mass is 223 g/mol. The Bertz CT molecular complexity index is 315. The summed E-state index contributed by atoms with van der Waals surface area (Å²) in [6.07, 6.45) is 0. The van der Waals surface area contributed by atoms with Crippen LogP contribution < -0.4 is 16.0 Å². The van der Waals surface area contributed by atoms with E-state index < -0.39 is 0 Å². The van der Waals surface area contributed by atoms with E-state index in [9.17, 15) is 0 Å². The zero-order valence-corrected chi connectivity index (χ0v) is 10.2. The van der Waals surface area contributed by atoms with E-state index >= 15 is 0 Å². The van der Waals surface area contributed by atoms with Gasteiger partial charge in [-0.05, 0) is 27.1 Å². The molecule has 4 heteroatoms. The van der Waals surface area contributed by atoms with Crippen molar-refractivity contribution in [1.29, 1.82) is 0 Å². The van der Waals surface area contributed by atoms with Crippen molar-refractivity contribution in [3.8, 4) is 5.75 Å². The standard InChI is InChI=1S/C12H21N3O/c1-4-16-12-8-6-5-7-10(12)11(14-13)9-15(2)3/h5-8,11,14H,4,9,13H2,1-3H3. The number of para-hydroxylation sites is 1. The maximum atomic E-state index is 5.59. The number of benzene rings is 1. The first-order chi connectivity index (χ1) is 7.69. The van der Waals surface area contributed by atoms with Crippen LogP contribution in [0, 0.1) is 0 Å². The van der Waals surface area contributed by atoms with Gasteiger partial charge >= 0.3 is 0 Å². The molecule has 0 aliphatic carbocycles. The molecule has 0 aromatic heterocycles. The van der Waals surface area contributed by atoms with Crippen molar-refractivity contribution in [3.05, 3.63) is 29.8 Å². The molecule has 0 radical (unpaired) electrons. The van der Waals surface area contributed by atoms with Crippen molar-refractivity contribution in [2.24, 2.45) is 5.84 Å². The summed E-state index contributed by atoms with van der Waals surface area (Å²) in [7, 11) is 4.04. The Labute approximate surface area is 97.4 Å². The van der Waals surface area contributed by atoms with Gasteiger partial charge in [0.15, 0.2) is 0 Å². The second-order valence-electron chi connectivity index (χ2n) is 3.95. The predicted octanol–water partition coefficient (Wildman–Crippen LogP) is 1.15. The van der Waals surface area contributed by atoms with Crippen molar-refractivity contribution in [1.82, 2.24) is 10.3 Å². The summed E-state index contributed by atoms with van der Waals surface area (Å²) >= 11 is 0. The van der Waals surface area contributed by atoms with Crippen LogP contribution in [0.25, 0.3) is 0 Å². The molecule has 1 rings (SSSR count). The molecule has 1 aromatic carbocycles. The van der Waals surface area contributed by atoms with E-state index in [1.807, 2.05) is 45.3 Å². The number of nitrogens with two attached hydrogens (primary N) is 1. The molecular formula is C12H21N3O. The summed E-state index contributed by atoms with van der Waals surface area (Å²) in [4.78, 5) is 2.09. The maximum Gasteiger partial charge on any atom is 0.124 e. The SMILES string of the molecule is CCOc1ccccc1C(CN(C)C)NN. The van der Waals surface area contributed by atoms with Crippen LogP contribution in [0.3, 0.4) is 0 Å². The van der Waals surface area contributed by atoms with Gasteiger partial charge in [-0.3, -0.25) is 11.3 Å². The normalized spacial score (nSPS) is 12.8. The van der Waals surface area contributed by atoms with Gasteiger partial charge in [-0.1, -0.05) is 18.2 Å². The third-order valence-corrected chi connectivity index (χ3v) is 2.34. The summed E-state index contributed by atoms with van der Waals surface area (Å²) in [5, 5.41) is 0. The van der Waals surface area contributed by atoms with Crippen LogP contribution in [0.5, 0.6) is 5.75 Å². The van der Waals surface area contributed by atoms with Gasteiger partial charge in [-0.15, -0.1) is 0 Å². The molecule has 0 saturated heterocycles. The smallest absolute Gasteiger partial charge is 0.124 e. The quantitative estimate of drug-likeness (QED) is 0.561. The Morgan fingerprint density at radius 2 is 2.06 bits per heavy atom. The third-order valence-electron chi connectivity index (χ3n) is 2.34. The number of rotatable bonds is 6. The Morgan fingerprint density at radius 3 is 2.62 bits per heavy atom. The molecule has 0 amide bonds. The van der Waals surface area contributed by atoms with Crippen LogP contribution in [0.15, 0.2) is 24.3 Å². The lowest BCUT2D eigenvalue weighted by atomic mass is 10.1. The Morgan fingerprint density at radius 1 is 1.38 bits per heavy atom. The molecule has 0 fully saturated rings. The molecule has 1 atom stereocenters. The zero-order chi connectivity index (χ0) is 12.0. The van der Waals surface area contributed by atoms with E-state index in [2.05, 4.69) is 10.3 Å². The van der Waals surface area contributed by atoms with Gasteiger partial charge in [0.1, 0.15) is 5.75 Å². The summed E-state index contributed by atoms with van der Waals surface area (Å²) in [6.45, 7) is 3.48. The summed E-state index contributed by atoms with van der Waals surface area (Å²) in [5.41, 5.74) is 3.92. The number of hydrogen-bond donors (Lipinski definition) is 2. The molecule has 4 nitrogen and oxygen atoms in total. The zero-order valence-electron chi connectivity index (χ0n) is 10.2. The number of hydrogen-bond acceptors (Lipinski definition) is 4. The van der Waals surface area contributed by atoms with Gasteiger partial charge in [0.05, 0.1) is 12.6 Å². The average molecular weight is 223 g/mol. The van der Waals surface area contributed by atoms with E-state index in [0.717, 1.165) is 17.9 Å². The fraction of sp³-hybridized carbons (Fsp3) is 0.500. The van der Waals surface area contributed by atoms with E-state index in [1.54, 1.807) is 0 Å². The van der Waals surface area contributed by atoms with Crippen molar-refractivity contribution >= 4 is 0 Å². The molecule has 1 aromatic rings. The topological polar surface area (TPSA) is 50.5 Å². The largest absolute Gasteiger partial charge is 0.494 e. The van der Waals surface area contributed by atoms with Crippen LogP contribution in [0.4, 0.5) is 0 Å². The maximum absolute atomic E-state index is 5.59. The molecule has 3 N–H and O–H groups in total. The first-order valence-corrected chi connectivity index (χ1v) is 5.51. The lowest BCUT2D eigenvalue weighted by Crippen LogP contribution is -2.35. The number of nitrogens with zero attached hydrogens (tertiary/aromatic N) is 1. The highest BCUT2D eigenvalue weighted by Gasteiger charge is 2.14. The van der Waals surface area contributed by atoms with Crippen molar-refractivity contribution in [2.75, 3.05) is 27.2 Å². The van der Waals surface area contributed by atoms with Crippen LogP contribution in [-0.2, 0) is 0 Å². The summed E-state index contributed by atoms with van der Waals surface area (Å²) < 4.78 is 5.59. The highest BCUT2D eigenvalue weighted by molar-refractivity contribution is 5.36. The van der Waals surface area contributed by atoms with Crippen LogP contribution >= 0.6 is 0 Å². The molecule has 0 saturated carbocycles. The molecule has 0 aliphatic rings. The Kier molecular flexibility index (Phi) is 5.25. The first-order valence-electron chi connectivity index (χ1n) is 5.51. The number of hydrazine groups is 1. The summed E-state index contributed by atoms with van der Waals surface area (Å²) in [5.74, 6) is 6.48. The molecule has 90 valence electrons. The average Bonchev–Trinajstić information content (AvgIpc) is 2.27. The molecule has 16 heavy (non-hydrogen) atoms. The van der Waals surface area contributed by atoms with Gasteiger partial charge in [-0.25, -0.2) is 0 Å². The van der Waals surface area contributed by atoms with Gasteiger partial charge in [-0.2, -0.15) is 0 Å². The minimum atomic E-state index is 0.0812. The molecule has 0 aliphatic heterocycles. The number of likely N-dealkylation sites (N-methyl/N-ethyl adjacent to an activating group) is 1. The molecular weight excluding hydrogens is 202 g/mol. The number of nitrogens with one attached hydrogen (secondary N) is 1. The second-order valence-corrected chi connectivity index (χ2v) is 3.95. The summed E-state index contributed by atoms with van der Waals surface area (Å²) in [6, 6.07) is 8.06.